The summed E-state index contributed by atoms with van der Waals surface area (Å²) in [6, 6.07) is 0.663. The fourth-order valence-corrected chi connectivity index (χ4v) is 2.13. The molecule has 1 aliphatic carbocycles. The number of nitrogens with one attached hydrogen (secondary N) is 1. The van der Waals surface area contributed by atoms with Gasteiger partial charge in [0.1, 0.15) is 0 Å². The highest BCUT2D eigenvalue weighted by Gasteiger charge is 2.31. The van der Waals surface area contributed by atoms with Crippen LogP contribution in [-0.4, -0.2) is 28.1 Å². The van der Waals surface area contributed by atoms with Gasteiger partial charge in [-0.2, -0.15) is 0 Å². The molecule has 0 aliphatic heterocycles. The topological polar surface area (TPSA) is 41.1 Å². The lowest BCUT2D eigenvalue weighted by atomic mass is 10.1. The van der Waals surface area contributed by atoms with E-state index in [1.807, 2.05) is 12.4 Å². The molecule has 1 saturated carbocycles. The van der Waals surface area contributed by atoms with Crippen LogP contribution in [0.25, 0.3) is 0 Å². The first-order valence-electron chi connectivity index (χ1n) is 7.68. The Hall–Kier alpha value is -1.16. The summed E-state index contributed by atoms with van der Waals surface area (Å²) in [5, 5.41) is 3.46. The molecule has 0 aromatic carbocycles. The molecule has 0 bridgehead atoms. The number of aromatic nitrogens is 2. The molecule has 1 N–H and O–H groups in total. The Morgan fingerprint density at radius 1 is 1.25 bits per heavy atom. The molecule has 0 atom stereocenters. The first-order chi connectivity index (χ1) is 9.35. The van der Waals surface area contributed by atoms with Crippen molar-refractivity contribution in [2.45, 2.75) is 65.6 Å². The third-order valence-electron chi connectivity index (χ3n) is 3.32. The predicted octanol–water partition coefficient (Wildman–Crippen LogP) is 2.99. The Kier molecular flexibility index (Phi) is 4.63. The second-order valence-corrected chi connectivity index (χ2v) is 7.27. The van der Waals surface area contributed by atoms with Crippen LogP contribution in [0, 0.1) is 5.92 Å². The highest BCUT2D eigenvalue weighted by atomic mass is 15.3. The number of anilines is 1. The van der Waals surface area contributed by atoms with Crippen molar-refractivity contribution in [3.8, 4) is 0 Å². The zero-order valence-corrected chi connectivity index (χ0v) is 13.5. The zero-order chi connectivity index (χ0) is 14.8. The minimum absolute atomic E-state index is 0.121. The molecule has 4 nitrogen and oxygen atoms in total. The number of rotatable bonds is 6. The van der Waals surface area contributed by atoms with E-state index in [4.69, 9.17) is 0 Å². The van der Waals surface area contributed by atoms with Crippen molar-refractivity contribution in [2.24, 2.45) is 5.92 Å². The third kappa shape index (κ3) is 4.75. The average molecular weight is 276 g/mol. The van der Waals surface area contributed by atoms with Gasteiger partial charge in [0, 0.05) is 42.6 Å². The van der Waals surface area contributed by atoms with Gasteiger partial charge in [-0.05, 0) is 39.5 Å². The first-order valence-corrected chi connectivity index (χ1v) is 7.68. The molecule has 0 spiro atoms. The molecule has 2 rings (SSSR count). The molecule has 112 valence electrons. The van der Waals surface area contributed by atoms with Gasteiger partial charge in [0.25, 0.3) is 0 Å². The summed E-state index contributed by atoms with van der Waals surface area (Å²) in [4.78, 5) is 11.5. The van der Waals surface area contributed by atoms with Gasteiger partial charge in [-0.25, -0.2) is 9.97 Å². The molecule has 4 heteroatoms. The molecular formula is C16H28N4. The van der Waals surface area contributed by atoms with Crippen LogP contribution in [0.15, 0.2) is 12.4 Å². The van der Waals surface area contributed by atoms with E-state index in [1.54, 1.807) is 0 Å². The lowest BCUT2D eigenvalue weighted by Gasteiger charge is -2.24. The van der Waals surface area contributed by atoms with Crippen molar-refractivity contribution in [3.05, 3.63) is 18.0 Å². The van der Waals surface area contributed by atoms with Crippen molar-refractivity contribution >= 4 is 5.95 Å². The van der Waals surface area contributed by atoms with Crippen molar-refractivity contribution in [3.63, 3.8) is 0 Å². The maximum absolute atomic E-state index is 4.57. The molecule has 1 aliphatic rings. The van der Waals surface area contributed by atoms with Gasteiger partial charge >= 0.3 is 0 Å². The number of hydrogen-bond acceptors (Lipinski definition) is 4. The maximum atomic E-state index is 4.57. The highest BCUT2D eigenvalue weighted by molar-refractivity contribution is 5.34. The Labute approximate surface area is 123 Å². The quantitative estimate of drug-likeness (QED) is 0.867. The van der Waals surface area contributed by atoms with E-state index in [0.29, 0.717) is 12.0 Å². The molecule has 0 radical (unpaired) electrons. The zero-order valence-electron chi connectivity index (χ0n) is 13.5. The smallest absolute Gasteiger partial charge is 0.225 e. The Morgan fingerprint density at radius 2 is 1.85 bits per heavy atom. The van der Waals surface area contributed by atoms with Crippen LogP contribution in [0.5, 0.6) is 0 Å². The van der Waals surface area contributed by atoms with Crippen LogP contribution in [0.1, 0.15) is 53.0 Å². The predicted molar refractivity (Wildman–Crippen MR) is 83.8 cm³/mol. The summed E-state index contributed by atoms with van der Waals surface area (Å²) in [5.41, 5.74) is 1.26. The van der Waals surface area contributed by atoms with Gasteiger partial charge in [-0.3, -0.25) is 0 Å². The van der Waals surface area contributed by atoms with E-state index in [9.17, 15) is 0 Å². The molecule has 1 aromatic rings. The monoisotopic (exact) mass is 276 g/mol. The van der Waals surface area contributed by atoms with E-state index in [2.05, 4.69) is 54.8 Å². The lowest BCUT2D eigenvalue weighted by Crippen LogP contribution is -2.35. The van der Waals surface area contributed by atoms with Gasteiger partial charge in [0.05, 0.1) is 0 Å². The number of nitrogens with zero attached hydrogens (tertiary/aromatic N) is 3. The van der Waals surface area contributed by atoms with Crippen LogP contribution in [-0.2, 0) is 6.54 Å². The summed E-state index contributed by atoms with van der Waals surface area (Å²) in [5.74, 6) is 1.53. The summed E-state index contributed by atoms with van der Waals surface area (Å²) < 4.78 is 0. The number of hydrogen-bond donors (Lipinski definition) is 1. The lowest BCUT2D eigenvalue weighted by molar-refractivity contribution is 0.423. The standard InChI is InChI=1S/C16H28N4/c1-12(2)11-20(14-6-7-14)15-17-8-13(9-18-15)10-19-16(3,4)5/h8-9,12,14,19H,6-7,10-11H2,1-5H3. The molecule has 1 fully saturated rings. The van der Waals surface area contributed by atoms with Crippen LogP contribution in [0.2, 0.25) is 0 Å². The third-order valence-corrected chi connectivity index (χ3v) is 3.32. The van der Waals surface area contributed by atoms with Crippen LogP contribution in [0.3, 0.4) is 0 Å². The van der Waals surface area contributed by atoms with Gasteiger partial charge in [-0.15, -0.1) is 0 Å². The van der Waals surface area contributed by atoms with E-state index < -0.39 is 0 Å². The largest absolute Gasteiger partial charge is 0.338 e. The van der Waals surface area contributed by atoms with Gasteiger partial charge in [0.2, 0.25) is 5.95 Å². The molecule has 1 heterocycles. The summed E-state index contributed by atoms with van der Waals surface area (Å²) in [6.07, 6.45) is 6.47. The van der Waals surface area contributed by atoms with Crippen LogP contribution in [0.4, 0.5) is 5.95 Å². The molecular weight excluding hydrogens is 248 g/mol. The summed E-state index contributed by atoms with van der Waals surface area (Å²) >= 11 is 0. The average Bonchev–Trinajstić information content (AvgIpc) is 3.17. The fraction of sp³-hybridized carbons (Fsp3) is 0.750. The van der Waals surface area contributed by atoms with Gasteiger partial charge < -0.3 is 10.2 Å². The fourth-order valence-electron chi connectivity index (χ4n) is 2.13. The maximum Gasteiger partial charge on any atom is 0.225 e. The molecule has 0 unspecified atom stereocenters. The van der Waals surface area contributed by atoms with Gasteiger partial charge in [-0.1, -0.05) is 13.8 Å². The van der Waals surface area contributed by atoms with Crippen molar-refractivity contribution in [1.82, 2.24) is 15.3 Å². The second-order valence-electron chi connectivity index (χ2n) is 7.27. The molecule has 1 aromatic heterocycles. The SMILES string of the molecule is CC(C)CN(c1ncc(CNC(C)(C)C)cn1)C1CC1. The first kappa shape index (κ1) is 15.2. The second kappa shape index (κ2) is 6.08. The van der Waals surface area contributed by atoms with E-state index in [-0.39, 0.29) is 5.54 Å². The normalized spacial score (nSPS) is 15.7. The van der Waals surface area contributed by atoms with Crippen molar-refractivity contribution in [2.75, 3.05) is 11.4 Å². The summed E-state index contributed by atoms with van der Waals surface area (Å²) in [6.45, 7) is 12.9. The van der Waals surface area contributed by atoms with E-state index >= 15 is 0 Å². The van der Waals surface area contributed by atoms with Crippen LogP contribution >= 0.6 is 0 Å². The Balaban J connectivity index is 1.99. The molecule has 20 heavy (non-hydrogen) atoms. The molecule has 0 amide bonds. The Bertz CT molecular complexity index is 415. The van der Waals surface area contributed by atoms with Crippen molar-refractivity contribution in [1.29, 1.82) is 0 Å². The van der Waals surface area contributed by atoms with E-state index in [0.717, 1.165) is 24.6 Å². The summed E-state index contributed by atoms with van der Waals surface area (Å²) in [7, 11) is 0. The van der Waals surface area contributed by atoms with Crippen molar-refractivity contribution < 1.29 is 0 Å². The van der Waals surface area contributed by atoms with E-state index in [1.165, 1.54) is 12.8 Å². The minimum Gasteiger partial charge on any atom is -0.338 e. The highest BCUT2D eigenvalue weighted by Crippen LogP contribution is 2.30. The van der Waals surface area contributed by atoms with Gasteiger partial charge in [0.15, 0.2) is 0 Å². The van der Waals surface area contributed by atoms with Crippen LogP contribution < -0.4 is 10.2 Å². The Morgan fingerprint density at radius 3 is 2.30 bits per heavy atom. The minimum atomic E-state index is 0.121. The molecule has 0 saturated heterocycles.